The molecule has 0 aromatic carbocycles. The Morgan fingerprint density at radius 1 is 0.667 bits per heavy atom. The van der Waals surface area contributed by atoms with Crippen LogP contribution in [0.25, 0.3) is 0 Å². The number of unbranched alkanes of at least 4 members (excludes halogenated alkanes) is 3. The molecule has 0 spiro atoms. The van der Waals surface area contributed by atoms with E-state index in [2.05, 4.69) is 54.3 Å². The summed E-state index contributed by atoms with van der Waals surface area (Å²) in [7, 11) is 0. The van der Waals surface area contributed by atoms with Crippen molar-refractivity contribution in [1.82, 2.24) is 0 Å². The van der Waals surface area contributed by atoms with Crippen LogP contribution in [0.3, 0.4) is 0 Å². The molecule has 0 heterocycles. The van der Waals surface area contributed by atoms with Crippen LogP contribution in [0.5, 0.6) is 0 Å². The summed E-state index contributed by atoms with van der Waals surface area (Å²) in [5, 5.41) is 8.40. The number of hydrogen-bond acceptors (Lipinski definition) is 1. The first-order valence-corrected chi connectivity index (χ1v) is 6.35. The SMILES string of the molecule is CCCCCC#CCC#CCC#CCC#CCO. The molecule has 94 valence electrons. The fourth-order valence-corrected chi connectivity index (χ4v) is 1.12. The van der Waals surface area contributed by atoms with E-state index in [-0.39, 0.29) is 6.61 Å². The van der Waals surface area contributed by atoms with Gasteiger partial charge in [0.05, 0.1) is 19.3 Å². The van der Waals surface area contributed by atoms with E-state index in [0.717, 1.165) is 6.42 Å². The van der Waals surface area contributed by atoms with Gasteiger partial charge in [-0.15, -0.1) is 5.92 Å². The van der Waals surface area contributed by atoms with Gasteiger partial charge in [0.25, 0.3) is 0 Å². The second kappa shape index (κ2) is 15.2. The van der Waals surface area contributed by atoms with Gasteiger partial charge in [0.2, 0.25) is 0 Å². The lowest BCUT2D eigenvalue weighted by Crippen LogP contribution is -1.71. The van der Waals surface area contributed by atoms with E-state index in [4.69, 9.17) is 5.11 Å². The van der Waals surface area contributed by atoms with E-state index < -0.39 is 0 Å². The summed E-state index contributed by atoms with van der Waals surface area (Å²) in [5.74, 6) is 23.1. The molecule has 18 heavy (non-hydrogen) atoms. The molecule has 0 rings (SSSR count). The average Bonchev–Trinajstić information content (AvgIpc) is 2.39. The van der Waals surface area contributed by atoms with Crippen LogP contribution >= 0.6 is 0 Å². The predicted molar refractivity (Wildman–Crippen MR) is 76.2 cm³/mol. The van der Waals surface area contributed by atoms with Gasteiger partial charge in [-0.1, -0.05) is 61.2 Å². The van der Waals surface area contributed by atoms with E-state index in [0.29, 0.717) is 19.3 Å². The van der Waals surface area contributed by atoms with Gasteiger partial charge in [-0.25, -0.2) is 0 Å². The quantitative estimate of drug-likeness (QED) is 0.594. The molecule has 0 aromatic rings. The summed E-state index contributed by atoms with van der Waals surface area (Å²) < 4.78 is 0. The van der Waals surface area contributed by atoms with Gasteiger partial charge in [0.1, 0.15) is 6.61 Å². The Kier molecular flexibility index (Phi) is 13.7. The molecular formula is C17H20O. The number of aliphatic hydroxyl groups is 1. The van der Waals surface area contributed by atoms with Gasteiger partial charge < -0.3 is 5.11 Å². The number of rotatable bonds is 3. The van der Waals surface area contributed by atoms with E-state index in [1.165, 1.54) is 19.3 Å². The van der Waals surface area contributed by atoms with Gasteiger partial charge in [0.15, 0.2) is 0 Å². The van der Waals surface area contributed by atoms with Crippen LogP contribution < -0.4 is 0 Å². The van der Waals surface area contributed by atoms with Crippen molar-refractivity contribution in [3.63, 3.8) is 0 Å². The Morgan fingerprint density at radius 3 is 1.67 bits per heavy atom. The highest BCUT2D eigenvalue weighted by Gasteiger charge is 1.79. The van der Waals surface area contributed by atoms with Crippen molar-refractivity contribution in [3.05, 3.63) is 0 Å². The van der Waals surface area contributed by atoms with Crippen molar-refractivity contribution in [2.45, 2.75) is 51.9 Å². The topological polar surface area (TPSA) is 20.2 Å². The van der Waals surface area contributed by atoms with Crippen LogP contribution in [0.15, 0.2) is 0 Å². The van der Waals surface area contributed by atoms with Crippen molar-refractivity contribution in [2.75, 3.05) is 6.61 Å². The maximum atomic E-state index is 8.40. The molecule has 1 N–H and O–H groups in total. The van der Waals surface area contributed by atoms with E-state index in [1.807, 2.05) is 0 Å². The predicted octanol–water partition coefficient (Wildman–Crippen LogP) is 2.74. The molecule has 0 aromatic heterocycles. The van der Waals surface area contributed by atoms with Crippen LogP contribution in [0.2, 0.25) is 0 Å². The van der Waals surface area contributed by atoms with E-state index >= 15 is 0 Å². The second-order valence-corrected chi connectivity index (χ2v) is 3.56. The molecule has 0 unspecified atom stereocenters. The minimum Gasteiger partial charge on any atom is -0.384 e. The smallest absolute Gasteiger partial charge is 0.104 e. The second-order valence-electron chi connectivity index (χ2n) is 3.56. The Morgan fingerprint density at radius 2 is 1.17 bits per heavy atom. The summed E-state index contributed by atoms with van der Waals surface area (Å²) in [6.07, 6.45) is 6.38. The van der Waals surface area contributed by atoms with Crippen molar-refractivity contribution in [2.24, 2.45) is 0 Å². The van der Waals surface area contributed by atoms with Crippen molar-refractivity contribution >= 4 is 0 Å². The summed E-state index contributed by atoms with van der Waals surface area (Å²) in [6, 6.07) is 0. The fourth-order valence-electron chi connectivity index (χ4n) is 1.12. The monoisotopic (exact) mass is 240 g/mol. The van der Waals surface area contributed by atoms with Crippen LogP contribution in [-0.2, 0) is 0 Å². The summed E-state index contributed by atoms with van der Waals surface area (Å²) in [6.45, 7) is 2.09. The highest BCUT2D eigenvalue weighted by atomic mass is 16.2. The first-order valence-electron chi connectivity index (χ1n) is 6.35. The third-order valence-electron chi connectivity index (χ3n) is 2.01. The lowest BCUT2D eigenvalue weighted by atomic mass is 10.2. The zero-order valence-electron chi connectivity index (χ0n) is 11.1. The van der Waals surface area contributed by atoms with E-state index in [9.17, 15) is 0 Å². The van der Waals surface area contributed by atoms with Crippen molar-refractivity contribution < 1.29 is 5.11 Å². The standard InChI is InChI=1S/C17H20O/c1-2-3-4-5-6-7-8-9-10-11-12-13-14-15-16-17-18/h18H,2-5,8,11,14,17H2,1H3. The lowest BCUT2D eigenvalue weighted by Gasteiger charge is -1.87. The summed E-state index contributed by atoms with van der Waals surface area (Å²) in [4.78, 5) is 0. The Bertz CT molecular complexity index is 429. The zero-order valence-corrected chi connectivity index (χ0v) is 11.1. The Hall–Kier alpha value is -1.80. The molecule has 0 saturated heterocycles. The largest absolute Gasteiger partial charge is 0.384 e. The Balaban J connectivity index is 3.54. The Labute approximate surface area is 111 Å². The van der Waals surface area contributed by atoms with Crippen LogP contribution in [0.1, 0.15) is 51.9 Å². The molecule has 0 aliphatic heterocycles. The van der Waals surface area contributed by atoms with Gasteiger partial charge >= 0.3 is 0 Å². The lowest BCUT2D eigenvalue weighted by molar-refractivity contribution is 0.350. The van der Waals surface area contributed by atoms with Crippen molar-refractivity contribution in [3.8, 4) is 47.4 Å². The summed E-state index contributed by atoms with van der Waals surface area (Å²) >= 11 is 0. The van der Waals surface area contributed by atoms with Crippen LogP contribution in [-0.4, -0.2) is 11.7 Å². The normalized spacial score (nSPS) is 7.44. The highest BCUT2D eigenvalue weighted by molar-refractivity contribution is 5.18. The maximum Gasteiger partial charge on any atom is 0.104 e. The van der Waals surface area contributed by atoms with Crippen molar-refractivity contribution in [1.29, 1.82) is 0 Å². The molecule has 0 amide bonds. The molecule has 0 bridgehead atoms. The molecule has 1 heteroatoms. The van der Waals surface area contributed by atoms with E-state index in [1.54, 1.807) is 0 Å². The zero-order chi connectivity index (χ0) is 13.3. The third-order valence-corrected chi connectivity index (χ3v) is 2.01. The minimum atomic E-state index is -0.0988. The first kappa shape index (κ1) is 16.2. The third kappa shape index (κ3) is 14.2. The minimum absolute atomic E-state index is 0.0988. The van der Waals surface area contributed by atoms with Gasteiger partial charge in [-0.05, 0) is 6.42 Å². The molecular weight excluding hydrogens is 220 g/mol. The molecule has 1 nitrogen and oxygen atoms in total. The van der Waals surface area contributed by atoms with Crippen LogP contribution in [0.4, 0.5) is 0 Å². The average molecular weight is 240 g/mol. The molecule has 0 fully saturated rings. The highest BCUT2D eigenvalue weighted by Crippen LogP contribution is 1.96. The molecule has 0 aliphatic carbocycles. The molecule has 0 aliphatic rings. The fraction of sp³-hybridized carbons (Fsp3) is 0.529. The summed E-state index contributed by atoms with van der Waals surface area (Å²) in [5.41, 5.74) is 0. The van der Waals surface area contributed by atoms with Gasteiger partial charge in [-0.2, -0.15) is 0 Å². The van der Waals surface area contributed by atoms with Gasteiger partial charge in [-0.3, -0.25) is 0 Å². The number of aliphatic hydroxyl groups excluding tert-OH is 1. The van der Waals surface area contributed by atoms with Gasteiger partial charge in [0, 0.05) is 6.42 Å². The molecule has 0 saturated carbocycles. The maximum absolute atomic E-state index is 8.40. The molecule has 0 atom stereocenters. The van der Waals surface area contributed by atoms with Crippen LogP contribution in [0, 0.1) is 47.4 Å². The first-order chi connectivity index (χ1) is 8.91. The molecule has 0 radical (unpaired) electrons. The number of hydrogen-bond donors (Lipinski definition) is 1.